The molecular weight excluding hydrogens is 720 g/mol. The third kappa shape index (κ3) is 8.02. The van der Waals surface area contributed by atoms with Crippen LogP contribution in [0.5, 0.6) is 0 Å². The molecule has 2 heterocycles. The molecule has 7 rings (SSSR count). The van der Waals surface area contributed by atoms with Gasteiger partial charge < -0.3 is 61.9 Å². The topological polar surface area (TPSA) is 154 Å². The van der Waals surface area contributed by atoms with Crippen LogP contribution in [0, 0.1) is 0 Å². The predicted molar refractivity (Wildman–Crippen MR) is 183 cm³/mol. The smallest absolute Gasteiger partial charge is 0.214 e. The first-order chi connectivity index (χ1) is 20.6. The molecule has 7 nitrogen and oxygen atoms in total. The maximum Gasteiger partial charge on any atom is 0.214 e. The number of nitrogens with two attached hydrogens (primary N) is 2. The lowest BCUT2D eigenvalue weighted by Gasteiger charge is -2.08. The van der Waals surface area contributed by atoms with Crippen LogP contribution in [0.3, 0.4) is 0 Å². The van der Waals surface area contributed by atoms with E-state index >= 15 is 0 Å². The summed E-state index contributed by atoms with van der Waals surface area (Å²) in [6.45, 7) is 1.59. The fraction of sp³-hybridized carbons (Fsp3) is 0.0526. The van der Waals surface area contributed by atoms with Crippen molar-refractivity contribution in [2.75, 3.05) is 11.5 Å². The molecule has 0 aliphatic rings. The lowest BCUT2D eigenvalue weighted by atomic mass is 9.99. The van der Waals surface area contributed by atoms with E-state index in [1.807, 2.05) is 24.3 Å². The fourth-order valence-corrected chi connectivity index (χ4v) is 5.75. The van der Waals surface area contributed by atoms with E-state index < -0.39 is 0 Å². The zero-order chi connectivity index (χ0) is 28.5. The standard InChI is InChI=1S/C38H30N4.2BrH.3H2O/c39-35-21-23-41(37-7-3-1-5-33(35)37)25-27-9-13-29(14-10-27)31-17-19-32(20-18-31)30-15-11-28(12-16-30)26-42-24-22-36(40)34-6-2-4-8-38(34)42;;;;;/h1-24,39-40H,25-26H2;2*1H;3*1H2. The van der Waals surface area contributed by atoms with Gasteiger partial charge in [-0.25, -0.2) is 0 Å². The number of para-hydroxylation sites is 2. The molecule has 0 spiro atoms. The highest BCUT2D eigenvalue weighted by Gasteiger charge is 2.13. The van der Waals surface area contributed by atoms with E-state index in [4.69, 9.17) is 11.5 Å². The van der Waals surface area contributed by atoms with Crippen molar-refractivity contribution < 1.29 is 59.5 Å². The summed E-state index contributed by atoms with van der Waals surface area (Å²) in [6, 6.07) is 47.0. The van der Waals surface area contributed by atoms with Crippen molar-refractivity contribution in [3.05, 3.63) is 157 Å². The van der Waals surface area contributed by atoms with Gasteiger partial charge in [-0.3, -0.25) is 0 Å². The molecule has 0 fully saturated rings. The number of anilines is 2. The van der Waals surface area contributed by atoms with Crippen LogP contribution in [0.15, 0.2) is 146 Å². The summed E-state index contributed by atoms with van der Waals surface area (Å²) in [5.74, 6) is 0. The van der Waals surface area contributed by atoms with E-state index in [0.29, 0.717) is 0 Å². The highest BCUT2D eigenvalue weighted by molar-refractivity contribution is 5.88. The quantitative estimate of drug-likeness (QED) is 0.203. The van der Waals surface area contributed by atoms with Gasteiger partial charge in [0.2, 0.25) is 11.0 Å². The molecule has 7 aromatic rings. The number of nitrogen functional groups attached to an aromatic ring is 2. The first-order valence-electron chi connectivity index (χ1n) is 14.2. The molecule has 0 aliphatic heterocycles. The Kier molecular flexibility index (Phi) is 13.8. The van der Waals surface area contributed by atoms with Crippen LogP contribution >= 0.6 is 0 Å². The summed E-state index contributed by atoms with van der Waals surface area (Å²) in [4.78, 5) is 0. The molecule has 0 atom stereocenters. The van der Waals surface area contributed by atoms with Crippen LogP contribution in [0.4, 0.5) is 11.4 Å². The van der Waals surface area contributed by atoms with E-state index in [1.165, 1.54) is 33.4 Å². The Hall–Kier alpha value is -4.64. The Morgan fingerprint density at radius 1 is 0.383 bits per heavy atom. The van der Waals surface area contributed by atoms with Crippen molar-refractivity contribution in [1.29, 1.82) is 0 Å². The minimum atomic E-state index is 0. The zero-order valence-electron chi connectivity index (χ0n) is 25.6. The Labute approximate surface area is 295 Å². The van der Waals surface area contributed by atoms with Gasteiger partial charge in [0.05, 0.1) is 22.1 Å². The summed E-state index contributed by atoms with van der Waals surface area (Å²) in [5.41, 5.74) is 23.6. The average molecular weight is 759 g/mol. The summed E-state index contributed by atoms with van der Waals surface area (Å²) in [5, 5.41) is 2.17. The number of hydrogen-bond donors (Lipinski definition) is 2. The first-order valence-corrected chi connectivity index (χ1v) is 14.2. The molecule has 10 N–H and O–H groups in total. The van der Waals surface area contributed by atoms with Crippen LogP contribution in [-0.2, 0) is 13.1 Å². The summed E-state index contributed by atoms with van der Waals surface area (Å²) in [7, 11) is 0. The van der Waals surface area contributed by atoms with Gasteiger partial charge in [-0.2, -0.15) is 9.13 Å². The Balaban J connectivity index is 0.00000154. The second-order valence-electron chi connectivity index (χ2n) is 10.8. The van der Waals surface area contributed by atoms with E-state index in [1.54, 1.807) is 0 Å². The van der Waals surface area contributed by atoms with Crippen LogP contribution in [-0.4, -0.2) is 16.4 Å². The van der Waals surface area contributed by atoms with Gasteiger partial charge in [0.25, 0.3) is 0 Å². The molecule has 0 unspecified atom stereocenters. The number of halogens is 2. The van der Waals surface area contributed by atoms with Crippen molar-refractivity contribution in [3.8, 4) is 22.3 Å². The number of benzene rings is 5. The molecule has 9 heteroatoms. The second-order valence-corrected chi connectivity index (χ2v) is 10.8. The Morgan fingerprint density at radius 3 is 1.02 bits per heavy atom. The van der Waals surface area contributed by atoms with Crippen molar-refractivity contribution in [2.24, 2.45) is 0 Å². The monoisotopic (exact) mass is 756 g/mol. The van der Waals surface area contributed by atoms with Gasteiger partial charge >= 0.3 is 0 Å². The van der Waals surface area contributed by atoms with E-state index in [2.05, 4.69) is 131 Å². The molecule has 5 aromatic carbocycles. The van der Waals surface area contributed by atoms with Gasteiger partial charge in [-0.05, 0) is 34.4 Å². The van der Waals surface area contributed by atoms with Gasteiger partial charge in [-0.1, -0.05) is 97.1 Å². The molecule has 242 valence electrons. The molecule has 2 aromatic heterocycles. The summed E-state index contributed by atoms with van der Waals surface area (Å²) in [6.07, 6.45) is 4.13. The SMILES string of the molecule is Nc1cc[n+](Cc2ccc(-c3ccc(-c4ccc(C[n+]5ccc(N)c6ccccc65)cc4)cc3)cc2)c2ccccc12.O.O.O.[Br-].[Br-]. The number of rotatable bonds is 6. The van der Waals surface area contributed by atoms with Crippen LogP contribution in [0.2, 0.25) is 0 Å². The predicted octanol–water partition coefficient (Wildman–Crippen LogP) is -1.30. The minimum absolute atomic E-state index is 0. The Morgan fingerprint density at radius 2 is 0.681 bits per heavy atom. The molecule has 0 radical (unpaired) electrons. The van der Waals surface area contributed by atoms with E-state index in [9.17, 15) is 0 Å². The van der Waals surface area contributed by atoms with Gasteiger partial charge in [0.1, 0.15) is 0 Å². The number of aromatic nitrogens is 2. The van der Waals surface area contributed by atoms with Crippen LogP contribution in [0.25, 0.3) is 44.1 Å². The first kappa shape index (κ1) is 38.5. The summed E-state index contributed by atoms with van der Waals surface area (Å²) >= 11 is 0. The third-order valence-electron chi connectivity index (χ3n) is 8.08. The lowest BCUT2D eigenvalue weighted by Crippen LogP contribution is -3.00. The average Bonchev–Trinajstić information content (AvgIpc) is 3.05. The van der Waals surface area contributed by atoms with Crippen LogP contribution in [0.1, 0.15) is 11.1 Å². The van der Waals surface area contributed by atoms with E-state index in [-0.39, 0.29) is 50.4 Å². The van der Waals surface area contributed by atoms with Gasteiger partial charge in [0, 0.05) is 35.4 Å². The normalized spacial score (nSPS) is 10.0. The Bertz CT molecular complexity index is 1910. The highest BCUT2D eigenvalue weighted by atomic mass is 79.9. The largest absolute Gasteiger partial charge is 1.00 e. The third-order valence-corrected chi connectivity index (χ3v) is 8.08. The lowest BCUT2D eigenvalue weighted by molar-refractivity contribution is -0.662. The van der Waals surface area contributed by atoms with Gasteiger partial charge in [-0.15, -0.1) is 0 Å². The molecule has 0 bridgehead atoms. The molecule has 47 heavy (non-hydrogen) atoms. The van der Waals surface area contributed by atoms with Crippen molar-refractivity contribution in [3.63, 3.8) is 0 Å². The molecule has 0 aliphatic carbocycles. The van der Waals surface area contributed by atoms with Crippen molar-refractivity contribution in [1.82, 2.24) is 0 Å². The fourth-order valence-electron chi connectivity index (χ4n) is 5.75. The number of nitrogens with zero attached hydrogens (tertiary/aromatic N) is 2. The number of hydrogen-bond acceptors (Lipinski definition) is 2. The van der Waals surface area contributed by atoms with Crippen LogP contribution < -0.4 is 54.6 Å². The maximum atomic E-state index is 6.19. The minimum Gasteiger partial charge on any atom is -1.00 e. The van der Waals surface area contributed by atoms with Gasteiger partial charge in [0.15, 0.2) is 25.5 Å². The number of fused-ring (bicyclic) bond motifs is 2. The van der Waals surface area contributed by atoms with Crippen molar-refractivity contribution in [2.45, 2.75) is 13.1 Å². The maximum absolute atomic E-state index is 6.19. The second kappa shape index (κ2) is 16.8. The summed E-state index contributed by atoms with van der Waals surface area (Å²) < 4.78 is 4.49. The molecule has 0 saturated carbocycles. The number of pyridine rings is 2. The molecule has 0 amide bonds. The van der Waals surface area contributed by atoms with Crippen molar-refractivity contribution >= 4 is 33.2 Å². The highest BCUT2D eigenvalue weighted by Crippen LogP contribution is 2.26. The molecular formula is C38H38Br2N4O3. The van der Waals surface area contributed by atoms with E-state index in [0.717, 1.165) is 46.3 Å². The molecule has 0 saturated heterocycles. The zero-order valence-corrected chi connectivity index (χ0v) is 28.7.